The molecule has 0 atom stereocenters. The second-order valence-corrected chi connectivity index (χ2v) is 7.03. The molecule has 0 fully saturated rings. The van der Waals surface area contributed by atoms with Gasteiger partial charge in [-0.05, 0) is 12.1 Å². The van der Waals surface area contributed by atoms with E-state index in [0.717, 1.165) is 22.8 Å². The summed E-state index contributed by atoms with van der Waals surface area (Å²) >= 11 is 0. The van der Waals surface area contributed by atoms with Gasteiger partial charge in [0.2, 0.25) is 0 Å². The zero-order valence-corrected chi connectivity index (χ0v) is 18.2. The number of methoxy groups -OCH3 is 2. The Bertz CT molecular complexity index is 953. The van der Waals surface area contributed by atoms with Gasteiger partial charge in [0.1, 0.15) is 0 Å². The molecule has 3 aromatic rings. The molecule has 0 aromatic carbocycles. The van der Waals surface area contributed by atoms with Gasteiger partial charge >= 0.3 is 12.2 Å². The van der Waals surface area contributed by atoms with E-state index in [1.807, 2.05) is 39.7 Å². The largest absolute Gasteiger partial charge is 0.453 e. The van der Waals surface area contributed by atoms with Crippen molar-refractivity contribution >= 4 is 12.2 Å². The first-order valence-electron chi connectivity index (χ1n) is 10.2. The highest BCUT2D eigenvalue weighted by Gasteiger charge is 2.06. The van der Waals surface area contributed by atoms with Crippen molar-refractivity contribution in [2.45, 2.75) is 25.9 Å². The Morgan fingerprint density at radius 2 is 1.28 bits per heavy atom. The van der Waals surface area contributed by atoms with Crippen LogP contribution in [0.2, 0.25) is 0 Å². The van der Waals surface area contributed by atoms with E-state index in [1.165, 1.54) is 14.2 Å². The van der Waals surface area contributed by atoms with Crippen molar-refractivity contribution in [1.82, 2.24) is 34.7 Å². The van der Waals surface area contributed by atoms with Gasteiger partial charge in [-0.3, -0.25) is 4.98 Å². The van der Waals surface area contributed by atoms with Gasteiger partial charge in [0.15, 0.2) is 0 Å². The third kappa shape index (κ3) is 7.11. The molecule has 0 aliphatic heterocycles. The molecule has 0 unspecified atom stereocenters. The van der Waals surface area contributed by atoms with Gasteiger partial charge in [0, 0.05) is 38.3 Å². The van der Waals surface area contributed by atoms with E-state index in [4.69, 9.17) is 4.98 Å². The molecule has 3 rings (SSSR count). The minimum absolute atomic E-state index is 0.451. The summed E-state index contributed by atoms with van der Waals surface area (Å²) in [6.07, 6.45) is 7.73. The Balaban J connectivity index is 1.50. The standard InChI is InChI=1S/C21H27N7O4/c1-31-20(29)22-8-6-16-10-27(14-24-16)12-18-4-3-5-19(26-18)13-28-11-17(25-15-28)7-9-23-21(30)32-2/h3-5,10-11,14-15H,6-9,12-13H2,1-2H3,(H,22,29)(H,23,30). The number of alkyl carbamates (subject to hydrolysis) is 2. The number of hydrogen-bond donors (Lipinski definition) is 2. The lowest BCUT2D eigenvalue weighted by Crippen LogP contribution is -2.25. The van der Waals surface area contributed by atoms with E-state index in [0.29, 0.717) is 39.0 Å². The molecule has 0 saturated carbocycles. The number of nitrogens with zero attached hydrogens (tertiary/aromatic N) is 5. The van der Waals surface area contributed by atoms with Crippen molar-refractivity contribution in [3.8, 4) is 0 Å². The van der Waals surface area contributed by atoms with E-state index < -0.39 is 12.2 Å². The molecule has 2 amide bonds. The Labute approximate surface area is 185 Å². The molecule has 0 bridgehead atoms. The van der Waals surface area contributed by atoms with Crippen LogP contribution in [-0.4, -0.2) is 63.6 Å². The van der Waals surface area contributed by atoms with Crippen molar-refractivity contribution in [1.29, 1.82) is 0 Å². The Morgan fingerprint density at radius 1 is 0.812 bits per heavy atom. The average molecular weight is 441 g/mol. The van der Waals surface area contributed by atoms with Crippen molar-refractivity contribution in [3.05, 3.63) is 66.0 Å². The Hall–Kier alpha value is -3.89. The quantitative estimate of drug-likeness (QED) is 0.487. The van der Waals surface area contributed by atoms with E-state index in [1.54, 1.807) is 12.7 Å². The van der Waals surface area contributed by atoms with Crippen LogP contribution in [-0.2, 0) is 35.4 Å². The molecule has 11 heteroatoms. The van der Waals surface area contributed by atoms with Gasteiger partial charge < -0.3 is 29.2 Å². The summed E-state index contributed by atoms with van der Waals surface area (Å²) in [6, 6.07) is 5.92. The van der Waals surface area contributed by atoms with E-state index >= 15 is 0 Å². The SMILES string of the molecule is COC(=O)NCCc1cn(Cc2cccc(Cn3cnc(CCNC(=O)OC)c3)n2)cn1. The first-order valence-corrected chi connectivity index (χ1v) is 10.2. The van der Waals surface area contributed by atoms with Crippen LogP contribution in [0, 0.1) is 0 Å². The number of amides is 2. The number of carbonyl (C=O) groups is 2. The highest BCUT2D eigenvalue weighted by molar-refractivity contribution is 5.67. The second kappa shape index (κ2) is 11.5. The summed E-state index contributed by atoms with van der Waals surface area (Å²) in [6.45, 7) is 2.12. The predicted molar refractivity (Wildman–Crippen MR) is 115 cm³/mol. The summed E-state index contributed by atoms with van der Waals surface area (Å²) in [5.41, 5.74) is 3.60. The molecule has 170 valence electrons. The van der Waals surface area contributed by atoms with Crippen molar-refractivity contribution in [2.75, 3.05) is 27.3 Å². The summed E-state index contributed by atoms with van der Waals surface area (Å²) in [4.78, 5) is 35.7. The molecule has 0 spiro atoms. The van der Waals surface area contributed by atoms with Gasteiger partial charge in [0.05, 0.1) is 62.7 Å². The molecule has 3 aromatic heterocycles. The fourth-order valence-corrected chi connectivity index (χ4v) is 3.05. The smallest absolute Gasteiger partial charge is 0.406 e. The lowest BCUT2D eigenvalue weighted by molar-refractivity contribution is 0.170. The van der Waals surface area contributed by atoms with E-state index in [2.05, 4.69) is 30.1 Å². The molecule has 2 N–H and O–H groups in total. The first kappa shape index (κ1) is 22.8. The molecule has 3 heterocycles. The second-order valence-electron chi connectivity index (χ2n) is 7.03. The molecule has 0 aliphatic carbocycles. The summed E-state index contributed by atoms with van der Waals surface area (Å²) in [7, 11) is 2.67. The maximum atomic E-state index is 11.1. The van der Waals surface area contributed by atoms with Gasteiger partial charge in [0.25, 0.3) is 0 Å². The van der Waals surface area contributed by atoms with Crippen LogP contribution in [0.1, 0.15) is 22.8 Å². The van der Waals surface area contributed by atoms with Crippen LogP contribution in [0.5, 0.6) is 0 Å². The summed E-state index contributed by atoms with van der Waals surface area (Å²) in [5, 5.41) is 5.27. The van der Waals surface area contributed by atoms with Crippen LogP contribution in [0.4, 0.5) is 9.59 Å². The van der Waals surface area contributed by atoms with Gasteiger partial charge in [-0.2, -0.15) is 0 Å². The molecule has 0 aliphatic rings. The Kier molecular flexibility index (Phi) is 8.18. The lowest BCUT2D eigenvalue weighted by Gasteiger charge is -2.06. The third-order valence-corrected chi connectivity index (χ3v) is 4.60. The van der Waals surface area contributed by atoms with Crippen LogP contribution >= 0.6 is 0 Å². The monoisotopic (exact) mass is 441 g/mol. The number of aromatic nitrogens is 5. The number of imidazole rings is 2. The fourth-order valence-electron chi connectivity index (χ4n) is 3.05. The van der Waals surface area contributed by atoms with Gasteiger partial charge in [-0.1, -0.05) is 6.07 Å². The van der Waals surface area contributed by atoms with E-state index in [9.17, 15) is 9.59 Å². The van der Waals surface area contributed by atoms with Crippen molar-refractivity contribution in [3.63, 3.8) is 0 Å². The summed E-state index contributed by atoms with van der Waals surface area (Å²) < 4.78 is 13.0. The number of ether oxygens (including phenoxy) is 2. The number of nitrogens with one attached hydrogen (secondary N) is 2. The summed E-state index contributed by atoms with van der Waals surface area (Å²) in [5.74, 6) is 0. The molecule has 32 heavy (non-hydrogen) atoms. The van der Waals surface area contributed by atoms with Crippen LogP contribution < -0.4 is 10.6 Å². The molecule has 0 radical (unpaired) electrons. The average Bonchev–Trinajstić information content (AvgIpc) is 3.43. The topological polar surface area (TPSA) is 125 Å². The van der Waals surface area contributed by atoms with Gasteiger partial charge in [-0.25, -0.2) is 19.6 Å². The highest BCUT2D eigenvalue weighted by atomic mass is 16.5. The molecular weight excluding hydrogens is 414 g/mol. The number of carbonyl (C=O) groups excluding carboxylic acids is 2. The van der Waals surface area contributed by atoms with Crippen LogP contribution in [0.15, 0.2) is 43.2 Å². The van der Waals surface area contributed by atoms with Crippen LogP contribution in [0.25, 0.3) is 0 Å². The number of hydrogen-bond acceptors (Lipinski definition) is 7. The molecule has 0 saturated heterocycles. The molecule has 11 nitrogen and oxygen atoms in total. The van der Waals surface area contributed by atoms with Gasteiger partial charge in [-0.15, -0.1) is 0 Å². The normalized spacial score (nSPS) is 10.6. The van der Waals surface area contributed by atoms with E-state index in [-0.39, 0.29) is 0 Å². The highest BCUT2D eigenvalue weighted by Crippen LogP contribution is 2.07. The van der Waals surface area contributed by atoms with Crippen molar-refractivity contribution in [2.24, 2.45) is 0 Å². The number of pyridine rings is 1. The fraction of sp³-hybridized carbons (Fsp3) is 0.381. The first-order chi connectivity index (χ1) is 15.6. The predicted octanol–water partition coefficient (Wildman–Crippen LogP) is 1.37. The lowest BCUT2D eigenvalue weighted by atomic mass is 10.3. The zero-order chi connectivity index (χ0) is 22.8. The number of rotatable bonds is 10. The zero-order valence-electron chi connectivity index (χ0n) is 18.2. The maximum Gasteiger partial charge on any atom is 0.406 e. The third-order valence-electron chi connectivity index (χ3n) is 4.60. The minimum atomic E-state index is -0.451. The van der Waals surface area contributed by atoms with Crippen molar-refractivity contribution < 1.29 is 19.1 Å². The molecular formula is C21H27N7O4. The maximum absolute atomic E-state index is 11.1. The minimum Gasteiger partial charge on any atom is -0.453 e. The van der Waals surface area contributed by atoms with Crippen LogP contribution in [0.3, 0.4) is 0 Å². The Morgan fingerprint density at radius 3 is 1.72 bits per heavy atom.